The summed E-state index contributed by atoms with van der Waals surface area (Å²) in [4.78, 5) is 0. The maximum atomic E-state index is 6.08. The highest BCUT2D eigenvalue weighted by atomic mass is 35.5. The standard InChI is InChI=1S/C16H19ClN2O/c1-3-20-15-7-5-4-6-13(15)16(19-18)12-8-9-14(17)11(2)10-12/h4-10,16,19H,3,18H2,1-2H3. The highest BCUT2D eigenvalue weighted by Gasteiger charge is 2.17. The van der Waals surface area contributed by atoms with Crippen molar-refractivity contribution < 1.29 is 4.74 Å². The maximum absolute atomic E-state index is 6.08. The number of hydrogen-bond acceptors (Lipinski definition) is 3. The largest absolute Gasteiger partial charge is 0.494 e. The third-order valence-corrected chi connectivity index (χ3v) is 3.64. The molecule has 2 aromatic carbocycles. The van der Waals surface area contributed by atoms with Crippen molar-refractivity contribution in [1.29, 1.82) is 0 Å². The third kappa shape index (κ3) is 3.12. The fourth-order valence-electron chi connectivity index (χ4n) is 2.22. The molecular formula is C16H19ClN2O. The van der Waals surface area contributed by atoms with Crippen molar-refractivity contribution in [2.45, 2.75) is 19.9 Å². The van der Waals surface area contributed by atoms with Gasteiger partial charge in [-0.2, -0.15) is 0 Å². The van der Waals surface area contributed by atoms with Gasteiger partial charge in [-0.1, -0.05) is 41.9 Å². The van der Waals surface area contributed by atoms with Crippen LogP contribution in [0.4, 0.5) is 0 Å². The molecule has 0 spiro atoms. The van der Waals surface area contributed by atoms with Crippen molar-refractivity contribution in [1.82, 2.24) is 5.43 Å². The zero-order chi connectivity index (χ0) is 14.5. The molecule has 1 unspecified atom stereocenters. The summed E-state index contributed by atoms with van der Waals surface area (Å²) < 4.78 is 5.67. The van der Waals surface area contributed by atoms with E-state index in [-0.39, 0.29) is 6.04 Å². The molecule has 2 aromatic rings. The van der Waals surface area contributed by atoms with Crippen LogP contribution in [0.1, 0.15) is 29.7 Å². The molecule has 0 saturated carbocycles. The number of ether oxygens (including phenoxy) is 1. The fraction of sp³-hybridized carbons (Fsp3) is 0.250. The van der Waals surface area contributed by atoms with E-state index in [2.05, 4.69) is 5.43 Å². The van der Waals surface area contributed by atoms with Crippen LogP contribution in [-0.2, 0) is 0 Å². The van der Waals surface area contributed by atoms with Crippen LogP contribution in [0.15, 0.2) is 42.5 Å². The Morgan fingerprint density at radius 1 is 1.25 bits per heavy atom. The van der Waals surface area contributed by atoms with E-state index in [9.17, 15) is 0 Å². The molecule has 0 aliphatic heterocycles. The Balaban J connectivity index is 2.44. The number of hydrazine groups is 1. The second-order valence-corrected chi connectivity index (χ2v) is 4.99. The van der Waals surface area contributed by atoms with Gasteiger partial charge in [-0.3, -0.25) is 5.84 Å². The van der Waals surface area contributed by atoms with Crippen LogP contribution in [0.5, 0.6) is 5.75 Å². The van der Waals surface area contributed by atoms with Crippen molar-refractivity contribution in [3.8, 4) is 5.75 Å². The molecule has 0 heterocycles. The van der Waals surface area contributed by atoms with E-state index in [0.717, 1.165) is 27.5 Å². The summed E-state index contributed by atoms with van der Waals surface area (Å²) in [5.74, 6) is 6.59. The van der Waals surface area contributed by atoms with E-state index in [4.69, 9.17) is 22.2 Å². The van der Waals surface area contributed by atoms with Gasteiger partial charge in [0.15, 0.2) is 0 Å². The number of rotatable bonds is 5. The molecule has 0 radical (unpaired) electrons. The number of benzene rings is 2. The van der Waals surface area contributed by atoms with E-state index >= 15 is 0 Å². The quantitative estimate of drug-likeness (QED) is 0.653. The lowest BCUT2D eigenvalue weighted by atomic mass is 9.97. The molecule has 3 nitrogen and oxygen atoms in total. The lowest BCUT2D eigenvalue weighted by molar-refractivity contribution is 0.333. The fourth-order valence-corrected chi connectivity index (χ4v) is 2.34. The summed E-state index contributed by atoms with van der Waals surface area (Å²) in [6, 6.07) is 13.7. The highest BCUT2D eigenvalue weighted by molar-refractivity contribution is 6.31. The van der Waals surface area contributed by atoms with Crippen molar-refractivity contribution in [3.05, 3.63) is 64.2 Å². The molecule has 0 amide bonds. The lowest BCUT2D eigenvalue weighted by Gasteiger charge is -2.20. The Bertz CT molecular complexity index is 586. The average Bonchev–Trinajstić information content (AvgIpc) is 2.45. The van der Waals surface area contributed by atoms with Gasteiger partial charge in [-0.05, 0) is 37.1 Å². The molecule has 0 aliphatic rings. The zero-order valence-corrected chi connectivity index (χ0v) is 12.4. The van der Waals surface area contributed by atoms with Gasteiger partial charge in [0.25, 0.3) is 0 Å². The molecule has 3 N–H and O–H groups in total. The first kappa shape index (κ1) is 14.9. The van der Waals surface area contributed by atoms with Gasteiger partial charge in [0.2, 0.25) is 0 Å². The number of hydrogen-bond donors (Lipinski definition) is 2. The molecule has 0 aromatic heterocycles. The summed E-state index contributed by atoms with van der Waals surface area (Å²) in [5, 5.41) is 0.752. The van der Waals surface area contributed by atoms with E-state index in [1.807, 2.05) is 56.3 Å². The molecular weight excluding hydrogens is 272 g/mol. The smallest absolute Gasteiger partial charge is 0.124 e. The van der Waals surface area contributed by atoms with Crippen LogP contribution >= 0.6 is 11.6 Å². The molecule has 2 rings (SSSR count). The van der Waals surface area contributed by atoms with Crippen LogP contribution in [0.3, 0.4) is 0 Å². The van der Waals surface area contributed by atoms with Crippen molar-refractivity contribution in [2.24, 2.45) is 5.84 Å². The Morgan fingerprint density at radius 3 is 2.65 bits per heavy atom. The van der Waals surface area contributed by atoms with Crippen molar-refractivity contribution >= 4 is 11.6 Å². The Labute approximate surface area is 124 Å². The summed E-state index contributed by atoms with van der Waals surface area (Å²) in [6.07, 6.45) is 0. The summed E-state index contributed by atoms with van der Waals surface area (Å²) in [5.41, 5.74) is 5.95. The van der Waals surface area contributed by atoms with Gasteiger partial charge in [-0.25, -0.2) is 5.43 Å². The monoisotopic (exact) mass is 290 g/mol. The first-order chi connectivity index (χ1) is 9.67. The van der Waals surface area contributed by atoms with Gasteiger partial charge >= 0.3 is 0 Å². The predicted octanol–water partition coefficient (Wildman–Crippen LogP) is 3.60. The Hall–Kier alpha value is -1.55. The highest BCUT2D eigenvalue weighted by Crippen LogP contribution is 2.31. The predicted molar refractivity (Wildman–Crippen MR) is 83.0 cm³/mol. The van der Waals surface area contributed by atoms with Gasteiger partial charge in [0.1, 0.15) is 5.75 Å². The number of nitrogens with two attached hydrogens (primary N) is 1. The first-order valence-electron chi connectivity index (χ1n) is 6.61. The van der Waals surface area contributed by atoms with E-state index in [1.54, 1.807) is 0 Å². The molecule has 20 heavy (non-hydrogen) atoms. The summed E-state index contributed by atoms with van der Waals surface area (Å²) in [7, 11) is 0. The normalized spacial score (nSPS) is 12.2. The second-order valence-electron chi connectivity index (χ2n) is 4.58. The number of halogens is 1. The third-order valence-electron chi connectivity index (χ3n) is 3.21. The number of nitrogens with one attached hydrogen (secondary N) is 1. The molecule has 106 valence electrons. The summed E-state index contributed by atoms with van der Waals surface area (Å²) >= 11 is 6.08. The van der Waals surface area contributed by atoms with Crippen molar-refractivity contribution in [3.63, 3.8) is 0 Å². The molecule has 0 saturated heterocycles. The maximum Gasteiger partial charge on any atom is 0.124 e. The minimum Gasteiger partial charge on any atom is -0.494 e. The van der Waals surface area contributed by atoms with Gasteiger partial charge < -0.3 is 4.74 Å². The average molecular weight is 291 g/mol. The molecule has 0 bridgehead atoms. The topological polar surface area (TPSA) is 47.3 Å². The van der Waals surface area contributed by atoms with E-state index in [1.165, 1.54) is 0 Å². The molecule has 4 heteroatoms. The van der Waals surface area contributed by atoms with E-state index < -0.39 is 0 Å². The van der Waals surface area contributed by atoms with Crippen LogP contribution < -0.4 is 16.0 Å². The minimum atomic E-state index is -0.131. The molecule has 0 fully saturated rings. The Kier molecular flexibility index (Phi) is 5.01. The zero-order valence-electron chi connectivity index (χ0n) is 11.7. The lowest BCUT2D eigenvalue weighted by Crippen LogP contribution is -2.29. The van der Waals surface area contributed by atoms with Crippen LogP contribution in [0.2, 0.25) is 5.02 Å². The SMILES string of the molecule is CCOc1ccccc1C(NN)c1ccc(Cl)c(C)c1. The minimum absolute atomic E-state index is 0.131. The Morgan fingerprint density at radius 2 is 2.00 bits per heavy atom. The second kappa shape index (κ2) is 6.75. The molecule has 0 aliphatic carbocycles. The number of para-hydroxylation sites is 1. The van der Waals surface area contributed by atoms with Crippen LogP contribution in [-0.4, -0.2) is 6.61 Å². The van der Waals surface area contributed by atoms with Gasteiger partial charge in [-0.15, -0.1) is 0 Å². The van der Waals surface area contributed by atoms with Crippen molar-refractivity contribution in [2.75, 3.05) is 6.61 Å². The summed E-state index contributed by atoms with van der Waals surface area (Å²) in [6.45, 7) is 4.57. The van der Waals surface area contributed by atoms with E-state index in [0.29, 0.717) is 6.61 Å². The first-order valence-corrected chi connectivity index (χ1v) is 6.99. The van der Waals surface area contributed by atoms with Gasteiger partial charge in [0, 0.05) is 10.6 Å². The molecule has 1 atom stereocenters. The van der Waals surface area contributed by atoms with Gasteiger partial charge in [0.05, 0.1) is 12.6 Å². The van der Waals surface area contributed by atoms with Crippen LogP contribution in [0, 0.1) is 6.92 Å². The van der Waals surface area contributed by atoms with Crippen LogP contribution in [0.25, 0.3) is 0 Å². The number of aryl methyl sites for hydroxylation is 1.